The summed E-state index contributed by atoms with van der Waals surface area (Å²) >= 11 is 0. The van der Waals surface area contributed by atoms with E-state index >= 15 is 0 Å². The predicted octanol–water partition coefficient (Wildman–Crippen LogP) is 2.10. The summed E-state index contributed by atoms with van der Waals surface area (Å²) in [5, 5.41) is 0. The monoisotopic (exact) mass is 546 g/mol. The summed E-state index contributed by atoms with van der Waals surface area (Å²) in [4.78, 5) is 36.9. The van der Waals surface area contributed by atoms with Gasteiger partial charge in [-0.3, -0.25) is 9.69 Å². The van der Waals surface area contributed by atoms with Gasteiger partial charge in [-0.05, 0) is 57.5 Å². The van der Waals surface area contributed by atoms with E-state index in [1.165, 1.54) is 35.7 Å². The largest absolute Gasteiger partial charge is 0.465 e. The predicted molar refractivity (Wildman–Crippen MR) is 145 cm³/mol. The van der Waals surface area contributed by atoms with Crippen LogP contribution in [0.4, 0.5) is 11.6 Å². The quantitative estimate of drug-likeness (QED) is 0.313. The van der Waals surface area contributed by atoms with Crippen LogP contribution in [0.5, 0.6) is 0 Å². The lowest BCUT2D eigenvalue weighted by molar-refractivity contribution is -0.117. The molecule has 1 aromatic heterocycles. The minimum atomic E-state index is -3.92. The number of amides is 1. The van der Waals surface area contributed by atoms with Gasteiger partial charge in [0.15, 0.2) is 0 Å². The first-order valence-corrected chi connectivity index (χ1v) is 14.0. The minimum Gasteiger partial charge on any atom is -0.465 e. The Labute approximate surface area is 225 Å². The molecule has 0 unspecified atom stereocenters. The van der Waals surface area contributed by atoms with Crippen molar-refractivity contribution in [3.63, 3.8) is 0 Å². The number of carbonyl (C=O) groups is 2. The van der Waals surface area contributed by atoms with E-state index in [0.717, 1.165) is 0 Å². The molecule has 0 fully saturated rings. The van der Waals surface area contributed by atoms with Gasteiger partial charge in [-0.25, -0.2) is 23.2 Å². The highest BCUT2D eigenvalue weighted by molar-refractivity contribution is 7.89. The Kier molecular flexibility index (Phi) is 9.11. The summed E-state index contributed by atoms with van der Waals surface area (Å²) in [6.45, 7) is 7.38. The number of nitrogens with zero attached hydrogens (tertiary/aromatic N) is 5. The third-order valence-electron chi connectivity index (χ3n) is 6.29. The van der Waals surface area contributed by atoms with Crippen LogP contribution < -0.4 is 10.6 Å². The van der Waals surface area contributed by atoms with Gasteiger partial charge in [0.25, 0.3) is 0 Å². The maximum Gasteiger partial charge on any atom is 0.337 e. The Balaban J connectivity index is 1.78. The molecule has 11 nitrogen and oxygen atoms in total. The fourth-order valence-corrected chi connectivity index (χ4v) is 6.58. The van der Waals surface area contributed by atoms with Crippen molar-refractivity contribution in [2.75, 3.05) is 58.0 Å². The maximum atomic E-state index is 13.8. The van der Waals surface area contributed by atoms with Gasteiger partial charge >= 0.3 is 5.97 Å². The number of sulfonamides is 1. The van der Waals surface area contributed by atoms with Crippen molar-refractivity contribution in [3.05, 3.63) is 41.2 Å². The number of benzene rings is 1. The van der Waals surface area contributed by atoms with E-state index in [2.05, 4.69) is 9.97 Å². The van der Waals surface area contributed by atoms with Crippen molar-refractivity contribution < 1.29 is 22.7 Å². The number of carbonyl (C=O) groups excluding carboxylic acids is 2. The van der Waals surface area contributed by atoms with Crippen molar-refractivity contribution in [2.24, 2.45) is 5.41 Å². The van der Waals surface area contributed by atoms with Crippen LogP contribution in [0.15, 0.2) is 29.2 Å². The van der Waals surface area contributed by atoms with Gasteiger partial charge < -0.3 is 15.4 Å². The molecule has 208 valence electrons. The van der Waals surface area contributed by atoms with Crippen LogP contribution in [-0.2, 0) is 26.0 Å². The number of nitrogens with two attached hydrogens (primary N) is 1. The molecule has 0 saturated carbocycles. The van der Waals surface area contributed by atoms with Crippen LogP contribution in [0.2, 0.25) is 0 Å². The standard InChI is InChI=1S/C26H38N6O5S/c1-18-28-23(27)21-15-22(33)32(24(21)29-18)13-8-7-12-31(17-26(2,3)16-30(4)5)38(35,36)20-11-9-10-19(14-20)25(34)37-6/h9-11,14H,7-8,12-13,15-17H2,1-6H3,(H2,27,28,29). The second-order valence-corrected chi connectivity index (χ2v) is 12.6. The lowest BCUT2D eigenvalue weighted by atomic mass is 9.93. The molecule has 0 aliphatic carbocycles. The van der Waals surface area contributed by atoms with E-state index in [9.17, 15) is 18.0 Å². The second kappa shape index (κ2) is 11.7. The summed E-state index contributed by atoms with van der Waals surface area (Å²) in [7, 11) is 1.24. The Morgan fingerprint density at radius 1 is 1.18 bits per heavy atom. The zero-order chi connectivity index (χ0) is 28.3. The molecule has 2 heterocycles. The molecule has 3 rings (SSSR count). The van der Waals surface area contributed by atoms with Gasteiger partial charge in [0.1, 0.15) is 17.5 Å². The van der Waals surface area contributed by atoms with Gasteiger partial charge in [0, 0.05) is 31.7 Å². The summed E-state index contributed by atoms with van der Waals surface area (Å²) in [6, 6.07) is 5.89. The first-order chi connectivity index (χ1) is 17.7. The molecule has 0 atom stereocenters. The molecule has 0 radical (unpaired) electrons. The van der Waals surface area contributed by atoms with Crippen LogP contribution in [-0.4, -0.2) is 86.9 Å². The van der Waals surface area contributed by atoms with Crippen molar-refractivity contribution in [3.8, 4) is 0 Å². The molecular weight excluding hydrogens is 508 g/mol. The molecule has 38 heavy (non-hydrogen) atoms. The maximum absolute atomic E-state index is 13.8. The topological polar surface area (TPSA) is 139 Å². The first-order valence-electron chi connectivity index (χ1n) is 12.5. The Hall–Kier alpha value is -3.09. The van der Waals surface area contributed by atoms with Crippen LogP contribution in [0.25, 0.3) is 0 Å². The zero-order valence-electron chi connectivity index (χ0n) is 23.0. The number of fused-ring (bicyclic) bond motifs is 1. The van der Waals surface area contributed by atoms with Crippen molar-refractivity contribution in [1.29, 1.82) is 0 Å². The number of ether oxygens (including phenoxy) is 1. The van der Waals surface area contributed by atoms with Crippen LogP contribution in [0.1, 0.15) is 48.4 Å². The molecule has 0 bridgehead atoms. The van der Waals surface area contributed by atoms with E-state index in [1.807, 2.05) is 32.8 Å². The van der Waals surface area contributed by atoms with E-state index in [4.69, 9.17) is 10.5 Å². The fourth-order valence-electron chi connectivity index (χ4n) is 4.87. The van der Waals surface area contributed by atoms with Gasteiger partial charge in [-0.1, -0.05) is 19.9 Å². The Bertz CT molecular complexity index is 1300. The number of hydrogen-bond donors (Lipinski definition) is 1. The third kappa shape index (κ3) is 6.86. The summed E-state index contributed by atoms with van der Waals surface area (Å²) in [6.07, 6.45) is 1.25. The number of methoxy groups -OCH3 is 1. The van der Waals surface area contributed by atoms with Crippen LogP contribution in [0.3, 0.4) is 0 Å². The molecule has 12 heteroatoms. The average Bonchev–Trinajstić information content (AvgIpc) is 3.14. The van der Waals surface area contributed by atoms with Crippen molar-refractivity contribution >= 4 is 33.5 Å². The number of hydrogen-bond acceptors (Lipinski definition) is 9. The Morgan fingerprint density at radius 3 is 2.55 bits per heavy atom. The van der Waals surface area contributed by atoms with E-state index in [1.54, 1.807) is 11.8 Å². The molecule has 2 N–H and O–H groups in total. The summed E-state index contributed by atoms with van der Waals surface area (Å²) in [5.74, 6) is 0.657. The number of aromatic nitrogens is 2. The van der Waals surface area contributed by atoms with Gasteiger partial charge in [0.05, 0.1) is 24.0 Å². The first kappa shape index (κ1) is 29.5. The van der Waals surface area contributed by atoms with Gasteiger partial charge in [-0.2, -0.15) is 4.31 Å². The molecule has 1 aliphatic rings. The SMILES string of the molecule is COC(=O)c1cccc(S(=O)(=O)N(CCCCN2C(=O)Cc3c(N)nc(C)nc32)CC(C)(C)CN(C)C)c1. The lowest BCUT2D eigenvalue weighted by Crippen LogP contribution is -2.43. The van der Waals surface area contributed by atoms with E-state index < -0.39 is 16.0 Å². The number of rotatable bonds is 12. The molecular formula is C26H38N6O5S. The second-order valence-electron chi connectivity index (χ2n) is 10.6. The van der Waals surface area contributed by atoms with Crippen molar-refractivity contribution in [1.82, 2.24) is 19.2 Å². The number of esters is 1. The fraction of sp³-hybridized carbons (Fsp3) is 0.538. The highest BCUT2D eigenvalue weighted by Crippen LogP contribution is 2.31. The minimum absolute atomic E-state index is 0.0346. The summed E-state index contributed by atoms with van der Waals surface area (Å²) in [5.41, 5.74) is 6.46. The number of aryl methyl sites for hydroxylation is 1. The zero-order valence-corrected chi connectivity index (χ0v) is 23.8. The molecule has 1 amide bonds. The molecule has 0 spiro atoms. The van der Waals surface area contributed by atoms with Crippen molar-refractivity contribution in [2.45, 2.75) is 44.9 Å². The highest BCUT2D eigenvalue weighted by atomic mass is 32.2. The number of anilines is 2. The third-order valence-corrected chi connectivity index (χ3v) is 8.14. The van der Waals surface area contributed by atoms with Gasteiger partial charge in [0.2, 0.25) is 15.9 Å². The van der Waals surface area contributed by atoms with Gasteiger partial charge in [-0.15, -0.1) is 0 Å². The number of nitrogen functional groups attached to an aromatic ring is 1. The number of unbranched alkanes of at least 4 members (excludes halogenated alkanes) is 1. The van der Waals surface area contributed by atoms with E-state index in [-0.39, 0.29) is 41.3 Å². The van der Waals surface area contributed by atoms with Crippen LogP contribution >= 0.6 is 0 Å². The molecule has 2 aromatic rings. The lowest BCUT2D eigenvalue weighted by Gasteiger charge is -2.34. The molecule has 1 aromatic carbocycles. The van der Waals surface area contributed by atoms with Crippen LogP contribution in [0, 0.1) is 12.3 Å². The Morgan fingerprint density at radius 2 is 1.89 bits per heavy atom. The molecule has 0 saturated heterocycles. The normalized spacial score (nSPS) is 13.9. The van der Waals surface area contributed by atoms with E-state index in [0.29, 0.717) is 49.0 Å². The average molecular weight is 547 g/mol. The smallest absolute Gasteiger partial charge is 0.337 e. The molecule has 1 aliphatic heterocycles. The summed E-state index contributed by atoms with van der Waals surface area (Å²) < 4.78 is 33.8. The highest BCUT2D eigenvalue weighted by Gasteiger charge is 2.33.